The Morgan fingerprint density at radius 2 is 2.21 bits per heavy atom. The van der Waals surface area contributed by atoms with E-state index in [1.165, 1.54) is 12.8 Å². The van der Waals surface area contributed by atoms with Crippen LogP contribution in [0.15, 0.2) is 18.5 Å². The first-order valence-corrected chi connectivity index (χ1v) is 6.45. The Balaban J connectivity index is 1.80. The molecule has 0 spiro atoms. The van der Waals surface area contributed by atoms with Gasteiger partial charge in [0.25, 0.3) is 0 Å². The van der Waals surface area contributed by atoms with Gasteiger partial charge in [-0.3, -0.25) is 4.68 Å². The van der Waals surface area contributed by atoms with Crippen molar-refractivity contribution < 1.29 is 0 Å². The van der Waals surface area contributed by atoms with Crippen molar-refractivity contribution in [3.8, 4) is 0 Å². The monoisotopic (exact) mass is 258 g/mol. The standard InChI is InChI=1S/C13H18N6/c1-18(7-9-6-15-19(2)8-9)12-5-11(14)16-13(17-12)10-3-4-10/h5-6,8,10H,3-4,7H2,1-2H3,(H2,14,16,17). The smallest absolute Gasteiger partial charge is 0.136 e. The van der Waals surface area contributed by atoms with Crippen LogP contribution in [-0.4, -0.2) is 26.8 Å². The lowest BCUT2D eigenvalue weighted by Gasteiger charge is -2.18. The summed E-state index contributed by atoms with van der Waals surface area (Å²) in [6, 6.07) is 1.82. The molecule has 6 nitrogen and oxygen atoms in total. The van der Waals surface area contributed by atoms with Gasteiger partial charge in [0.05, 0.1) is 6.20 Å². The molecule has 0 radical (unpaired) electrons. The number of nitrogens with zero attached hydrogens (tertiary/aromatic N) is 5. The van der Waals surface area contributed by atoms with Gasteiger partial charge in [0.15, 0.2) is 0 Å². The third-order valence-electron chi connectivity index (χ3n) is 3.26. The van der Waals surface area contributed by atoms with Crippen molar-refractivity contribution in [1.82, 2.24) is 19.7 Å². The van der Waals surface area contributed by atoms with Gasteiger partial charge in [-0.05, 0) is 12.8 Å². The van der Waals surface area contributed by atoms with Crippen molar-refractivity contribution in [2.75, 3.05) is 17.7 Å². The second-order valence-electron chi connectivity index (χ2n) is 5.16. The summed E-state index contributed by atoms with van der Waals surface area (Å²) < 4.78 is 1.80. The highest BCUT2D eigenvalue weighted by Gasteiger charge is 2.27. The van der Waals surface area contributed by atoms with Crippen molar-refractivity contribution in [3.63, 3.8) is 0 Å². The van der Waals surface area contributed by atoms with E-state index in [0.29, 0.717) is 11.7 Å². The minimum Gasteiger partial charge on any atom is -0.384 e. The number of rotatable bonds is 4. The maximum Gasteiger partial charge on any atom is 0.136 e. The average molecular weight is 258 g/mol. The number of hydrogen-bond acceptors (Lipinski definition) is 5. The number of nitrogens with two attached hydrogens (primary N) is 1. The lowest BCUT2D eigenvalue weighted by molar-refractivity contribution is 0.766. The highest BCUT2D eigenvalue weighted by atomic mass is 15.2. The van der Waals surface area contributed by atoms with E-state index < -0.39 is 0 Å². The van der Waals surface area contributed by atoms with Gasteiger partial charge in [0.1, 0.15) is 17.5 Å². The Kier molecular flexibility index (Phi) is 2.85. The third kappa shape index (κ3) is 2.67. The van der Waals surface area contributed by atoms with E-state index in [2.05, 4.69) is 20.0 Å². The normalized spacial score (nSPS) is 14.6. The van der Waals surface area contributed by atoms with Gasteiger partial charge in [0.2, 0.25) is 0 Å². The van der Waals surface area contributed by atoms with Crippen LogP contribution in [0.2, 0.25) is 0 Å². The first-order valence-electron chi connectivity index (χ1n) is 6.45. The summed E-state index contributed by atoms with van der Waals surface area (Å²) in [7, 11) is 3.92. The van der Waals surface area contributed by atoms with Gasteiger partial charge in [-0.1, -0.05) is 0 Å². The molecular weight excluding hydrogens is 240 g/mol. The molecule has 3 rings (SSSR count). The highest BCUT2D eigenvalue weighted by molar-refractivity contribution is 5.47. The average Bonchev–Trinajstić information content (AvgIpc) is 3.13. The van der Waals surface area contributed by atoms with Crippen molar-refractivity contribution in [2.24, 2.45) is 7.05 Å². The van der Waals surface area contributed by atoms with Crippen molar-refractivity contribution >= 4 is 11.6 Å². The zero-order chi connectivity index (χ0) is 13.4. The molecule has 1 fully saturated rings. The van der Waals surface area contributed by atoms with Crippen molar-refractivity contribution in [1.29, 1.82) is 0 Å². The van der Waals surface area contributed by atoms with Crippen LogP contribution in [0.1, 0.15) is 30.1 Å². The molecular formula is C13H18N6. The summed E-state index contributed by atoms with van der Waals surface area (Å²) in [6.07, 6.45) is 6.22. The summed E-state index contributed by atoms with van der Waals surface area (Å²) in [5.41, 5.74) is 7.01. The van der Waals surface area contributed by atoms with Crippen LogP contribution >= 0.6 is 0 Å². The number of hydrogen-bond donors (Lipinski definition) is 1. The minimum absolute atomic E-state index is 0.508. The molecule has 0 atom stereocenters. The fourth-order valence-corrected chi connectivity index (χ4v) is 2.10. The molecule has 0 saturated heterocycles. The second-order valence-corrected chi connectivity index (χ2v) is 5.16. The zero-order valence-corrected chi connectivity index (χ0v) is 11.2. The second kappa shape index (κ2) is 4.53. The predicted molar refractivity (Wildman–Crippen MR) is 73.7 cm³/mol. The Labute approximate surface area is 112 Å². The van der Waals surface area contributed by atoms with Crippen LogP contribution in [0.3, 0.4) is 0 Å². The molecule has 100 valence electrons. The summed E-state index contributed by atoms with van der Waals surface area (Å²) in [6.45, 7) is 0.758. The number of aryl methyl sites for hydroxylation is 1. The van der Waals surface area contributed by atoms with E-state index in [1.807, 2.05) is 32.6 Å². The van der Waals surface area contributed by atoms with Crippen LogP contribution in [0, 0.1) is 0 Å². The molecule has 0 aliphatic heterocycles. The first kappa shape index (κ1) is 12.0. The Hall–Kier alpha value is -2.11. The van der Waals surface area contributed by atoms with Crippen molar-refractivity contribution in [2.45, 2.75) is 25.3 Å². The fraction of sp³-hybridized carbons (Fsp3) is 0.462. The Bertz CT molecular complexity index is 587. The molecule has 1 saturated carbocycles. The zero-order valence-electron chi connectivity index (χ0n) is 11.2. The fourth-order valence-electron chi connectivity index (χ4n) is 2.10. The number of nitrogen functional groups attached to an aromatic ring is 1. The van der Waals surface area contributed by atoms with E-state index in [0.717, 1.165) is 23.8 Å². The van der Waals surface area contributed by atoms with Crippen LogP contribution < -0.4 is 10.6 Å². The van der Waals surface area contributed by atoms with E-state index in [4.69, 9.17) is 5.73 Å². The molecule has 2 aromatic heterocycles. The summed E-state index contributed by atoms with van der Waals surface area (Å²) >= 11 is 0. The molecule has 0 amide bonds. The van der Waals surface area contributed by atoms with Crippen LogP contribution in [0.25, 0.3) is 0 Å². The highest BCUT2D eigenvalue weighted by Crippen LogP contribution is 2.38. The minimum atomic E-state index is 0.508. The topological polar surface area (TPSA) is 72.9 Å². The van der Waals surface area contributed by atoms with Gasteiger partial charge in [0, 0.05) is 44.4 Å². The lowest BCUT2D eigenvalue weighted by atomic mass is 10.3. The Morgan fingerprint density at radius 3 is 2.84 bits per heavy atom. The molecule has 6 heteroatoms. The molecule has 0 unspecified atom stereocenters. The molecule has 1 aliphatic carbocycles. The van der Waals surface area contributed by atoms with Gasteiger partial charge >= 0.3 is 0 Å². The van der Waals surface area contributed by atoms with Crippen LogP contribution in [-0.2, 0) is 13.6 Å². The van der Waals surface area contributed by atoms with Gasteiger partial charge in [-0.2, -0.15) is 5.10 Å². The lowest BCUT2D eigenvalue weighted by Crippen LogP contribution is -2.18. The van der Waals surface area contributed by atoms with Crippen molar-refractivity contribution in [3.05, 3.63) is 29.8 Å². The predicted octanol–water partition coefficient (Wildman–Crippen LogP) is 1.31. The van der Waals surface area contributed by atoms with E-state index >= 15 is 0 Å². The molecule has 1 aliphatic rings. The molecule has 0 aromatic carbocycles. The van der Waals surface area contributed by atoms with Gasteiger partial charge in [-0.25, -0.2) is 9.97 Å². The van der Waals surface area contributed by atoms with E-state index in [1.54, 1.807) is 4.68 Å². The number of anilines is 2. The maximum atomic E-state index is 5.87. The van der Waals surface area contributed by atoms with Crippen LogP contribution in [0.4, 0.5) is 11.6 Å². The van der Waals surface area contributed by atoms with E-state index in [9.17, 15) is 0 Å². The molecule has 19 heavy (non-hydrogen) atoms. The summed E-state index contributed by atoms with van der Waals surface area (Å²) in [4.78, 5) is 11.0. The molecule has 2 aromatic rings. The molecule has 2 heterocycles. The molecule has 0 bridgehead atoms. The quantitative estimate of drug-likeness (QED) is 0.895. The summed E-state index contributed by atoms with van der Waals surface area (Å²) in [5.74, 6) is 2.81. The summed E-state index contributed by atoms with van der Waals surface area (Å²) in [5, 5.41) is 4.17. The largest absolute Gasteiger partial charge is 0.384 e. The first-order chi connectivity index (χ1) is 9.11. The number of aromatic nitrogens is 4. The maximum absolute atomic E-state index is 5.87. The SMILES string of the molecule is CN(Cc1cnn(C)c1)c1cc(N)nc(C2CC2)n1. The third-order valence-corrected chi connectivity index (χ3v) is 3.26. The van der Waals surface area contributed by atoms with Gasteiger partial charge < -0.3 is 10.6 Å². The Morgan fingerprint density at radius 1 is 1.42 bits per heavy atom. The molecule has 2 N–H and O–H groups in total. The van der Waals surface area contributed by atoms with Gasteiger partial charge in [-0.15, -0.1) is 0 Å². The van der Waals surface area contributed by atoms with Crippen LogP contribution in [0.5, 0.6) is 0 Å². The van der Waals surface area contributed by atoms with E-state index in [-0.39, 0.29) is 0 Å².